The van der Waals surface area contributed by atoms with Crippen molar-refractivity contribution in [3.05, 3.63) is 60.4 Å². The second-order valence-corrected chi connectivity index (χ2v) is 6.62. The van der Waals surface area contributed by atoms with Gasteiger partial charge in [0.1, 0.15) is 11.6 Å². The fraction of sp³-hybridized carbons (Fsp3) is 0.286. The molecule has 7 nitrogen and oxygen atoms in total. The van der Waals surface area contributed by atoms with Gasteiger partial charge in [0.25, 0.3) is 0 Å². The van der Waals surface area contributed by atoms with E-state index in [-0.39, 0.29) is 5.75 Å². The van der Waals surface area contributed by atoms with Crippen molar-refractivity contribution >= 4 is 11.8 Å². The van der Waals surface area contributed by atoms with Gasteiger partial charge in [-0.1, -0.05) is 12.1 Å². The maximum absolute atomic E-state index is 9.84. The number of morpholine rings is 1. The molecule has 1 aliphatic rings. The summed E-state index contributed by atoms with van der Waals surface area (Å²) in [4.78, 5) is 15.6. The molecule has 3 heterocycles. The van der Waals surface area contributed by atoms with E-state index >= 15 is 0 Å². The largest absolute Gasteiger partial charge is 0.508 e. The SMILES string of the molecule is Oc1cccc(-c2cc(NCCc3ccncc3)nc(N3CCOCC3)n2)c1. The van der Waals surface area contributed by atoms with E-state index in [1.807, 2.05) is 30.3 Å². The number of ether oxygens (including phenoxy) is 1. The molecule has 0 spiro atoms. The van der Waals surface area contributed by atoms with Gasteiger partial charge in [0.2, 0.25) is 5.95 Å². The van der Waals surface area contributed by atoms with Crippen LogP contribution in [0.25, 0.3) is 11.3 Å². The number of phenols is 1. The first-order valence-electron chi connectivity index (χ1n) is 9.42. The van der Waals surface area contributed by atoms with Crippen LogP contribution in [0.5, 0.6) is 5.75 Å². The molecular formula is C21H23N5O2. The Morgan fingerprint density at radius 1 is 1.04 bits per heavy atom. The topological polar surface area (TPSA) is 83.4 Å². The van der Waals surface area contributed by atoms with Gasteiger partial charge in [-0.25, -0.2) is 4.98 Å². The van der Waals surface area contributed by atoms with Gasteiger partial charge < -0.3 is 20.1 Å². The van der Waals surface area contributed by atoms with Crippen LogP contribution < -0.4 is 10.2 Å². The van der Waals surface area contributed by atoms with Gasteiger partial charge >= 0.3 is 0 Å². The van der Waals surface area contributed by atoms with Crippen LogP contribution in [0.4, 0.5) is 11.8 Å². The van der Waals surface area contributed by atoms with Crippen LogP contribution >= 0.6 is 0 Å². The molecule has 144 valence electrons. The van der Waals surface area contributed by atoms with Gasteiger partial charge in [-0.15, -0.1) is 0 Å². The molecule has 2 N–H and O–H groups in total. The first-order valence-corrected chi connectivity index (χ1v) is 9.42. The fourth-order valence-corrected chi connectivity index (χ4v) is 3.13. The van der Waals surface area contributed by atoms with Crippen molar-refractivity contribution in [1.29, 1.82) is 0 Å². The van der Waals surface area contributed by atoms with Gasteiger partial charge in [-0.2, -0.15) is 4.98 Å². The summed E-state index contributed by atoms with van der Waals surface area (Å²) in [6, 6.07) is 13.1. The average Bonchev–Trinajstić information content (AvgIpc) is 2.75. The first-order chi connectivity index (χ1) is 13.8. The molecule has 0 saturated carbocycles. The summed E-state index contributed by atoms with van der Waals surface area (Å²) in [7, 11) is 0. The Balaban J connectivity index is 1.57. The lowest BCUT2D eigenvalue weighted by Crippen LogP contribution is -2.37. The summed E-state index contributed by atoms with van der Waals surface area (Å²) in [6.07, 6.45) is 4.48. The molecule has 4 rings (SSSR count). The number of nitrogens with zero attached hydrogens (tertiary/aromatic N) is 4. The highest BCUT2D eigenvalue weighted by atomic mass is 16.5. The summed E-state index contributed by atoms with van der Waals surface area (Å²) < 4.78 is 5.44. The monoisotopic (exact) mass is 377 g/mol. The molecular weight excluding hydrogens is 354 g/mol. The van der Waals surface area contributed by atoms with Crippen molar-refractivity contribution in [2.24, 2.45) is 0 Å². The molecule has 0 atom stereocenters. The third kappa shape index (κ3) is 4.55. The van der Waals surface area contributed by atoms with Crippen molar-refractivity contribution in [2.45, 2.75) is 6.42 Å². The van der Waals surface area contributed by atoms with Gasteiger partial charge in [-0.05, 0) is 36.2 Å². The number of aromatic hydroxyl groups is 1. The lowest BCUT2D eigenvalue weighted by atomic mass is 10.1. The third-order valence-corrected chi connectivity index (χ3v) is 4.62. The van der Waals surface area contributed by atoms with Crippen LogP contribution in [-0.4, -0.2) is 52.9 Å². The Morgan fingerprint density at radius 2 is 1.86 bits per heavy atom. The summed E-state index contributed by atoms with van der Waals surface area (Å²) in [5, 5.41) is 13.2. The summed E-state index contributed by atoms with van der Waals surface area (Å²) in [5.41, 5.74) is 2.85. The van der Waals surface area contributed by atoms with Gasteiger partial charge in [0.15, 0.2) is 0 Å². The number of anilines is 2. The van der Waals surface area contributed by atoms with E-state index in [4.69, 9.17) is 14.7 Å². The van der Waals surface area contributed by atoms with E-state index in [2.05, 4.69) is 15.2 Å². The molecule has 0 amide bonds. The van der Waals surface area contributed by atoms with Crippen LogP contribution in [0.15, 0.2) is 54.9 Å². The standard InChI is InChI=1S/C21H23N5O2/c27-18-3-1-2-17(14-18)19-15-20(23-9-6-16-4-7-22-8-5-16)25-21(24-19)26-10-12-28-13-11-26/h1-5,7-8,14-15,27H,6,9-13H2,(H,23,24,25). The van der Waals surface area contributed by atoms with E-state index in [0.29, 0.717) is 19.2 Å². The van der Waals surface area contributed by atoms with E-state index in [0.717, 1.165) is 43.1 Å². The molecule has 7 heteroatoms. The highest BCUT2D eigenvalue weighted by Gasteiger charge is 2.16. The molecule has 1 saturated heterocycles. The van der Waals surface area contributed by atoms with Crippen LogP contribution in [0.1, 0.15) is 5.56 Å². The number of nitrogens with one attached hydrogen (secondary N) is 1. The van der Waals surface area contributed by atoms with Crippen molar-refractivity contribution in [1.82, 2.24) is 15.0 Å². The molecule has 3 aromatic rings. The Bertz CT molecular complexity index is 914. The van der Waals surface area contributed by atoms with Crippen LogP contribution in [0.3, 0.4) is 0 Å². The van der Waals surface area contributed by atoms with Crippen LogP contribution in [-0.2, 0) is 11.2 Å². The molecule has 1 aliphatic heterocycles. The average molecular weight is 377 g/mol. The van der Waals surface area contributed by atoms with Crippen LogP contribution in [0, 0.1) is 0 Å². The number of pyridine rings is 1. The highest BCUT2D eigenvalue weighted by molar-refractivity contribution is 5.66. The van der Waals surface area contributed by atoms with Crippen molar-refractivity contribution < 1.29 is 9.84 Å². The highest BCUT2D eigenvalue weighted by Crippen LogP contribution is 2.26. The Labute approximate surface area is 164 Å². The summed E-state index contributed by atoms with van der Waals surface area (Å²) in [6.45, 7) is 3.62. The number of benzene rings is 1. The van der Waals surface area contributed by atoms with Gasteiger partial charge in [0, 0.05) is 43.7 Å². The Morgan fingerprint density at radius 3 is 2.64 bits per heavy atom. The minimum absolute atomic E-state index is 0.219. The van der Waals surface area contributed by atoms with Crippen LogP contribution in [0.2, 0.25) is 0 Å². The number of hydrogen-bond donors (Lipinski definition) is 2. The summed E-state index contributed by atoms with van der Waals surface area (Å²) >= 11 is 0. The number of aromatic nitrogens is 3. The van der Waals surface area contributed by atoms with E-state index < -0.39 is 0 Å². The number of hydrogen-bond acceptors (Lipinski definition) is 7. The minimum atomic E-state index is 0.219. The molecule has 0 bridgehead atoms. The van der Waals surface area contributed by atoms with Gasteiger partial charge in [0.05, 0.1) is 18.9 Å². The fourth-order valence-electron chi connectivity index (χ4n) is 3.13. The molecule has 28 heavy (non-hydrogen) atoms. The van der Waals surface area contributed by atoms with E-state index in [1.54, 1.807) is 24.5 Å². The Hall–Kier alpha value is -3.19. The smallest absolute Gasteiger partial charge is 0.228 e. The third-order valence-electron chi connectivity index (χ3n) is 4.62. The molecule has 2 aromatic heterocycles. The first kappa shape index (κ1) is 18.2. The normalized spacial score (nSPS) is 14.1. The lowest BCUT2D eigenvalue weighted by molar-refractivity contribution is 0.122. The molecule has 0 radical (unpaired) electrons. The zero-order chi connectivity index (χ0) is 19.2. The Kier molecular flexibility index (Phi) is 5.63. The predicted molar refractivity (Wildman–Crippen MR) is 109 cm³/mol. The quantitative estimate of drug-likeness (QED) is 0.683. The van der Waals surface area contributed by atoms with Gasteiger partial charge in [-0.3, -0.25) is 4.98 Å². The maximum Gasteiger partial charge on any atom is 0.228 e. The zero-order valence-electron chi connectivity index (χ0n) is 15.6. The molecule has 1 aromatic carbocycles. The second kappa shape index (κ2) is 8.67. The minimum Gasteiger partial charge on any atom is -0.508 e. The van der Waals surface area contributed by atoms with E-state index in [9.17, 15) is 5.11 Å². The van der Waals surface area contributed by atoms with Crippen molar-refractivity contribution in [3.63, 3.8) is 0 Å². The molecule has 0 aliphatic carbocycles. The lowest BCUT2D eigenvalue weighted by Gasteiger charge is -2.27. The summed E-state index contributed by atoms with van der Waals surface area (Å²) in [5.74, 6) is 1.66. The maximum atomic E-state index is 9.84. The number of phenolic OH excluding ortho intramolecular Hbond substituents is 1. The van der Waals surface area contributed by atoms with E-state index in [1.165, 1.54) is 5.56 Å². The predicted octanol–water partition coefficient (Wildman–Crippen LogP) is 2.74. The second-order valence-electron chi connectivity index (χ2n) is 6.62. The van der Waals surface area contributed by atoms with Crippen molar-refractivity contribution in [2.75, 3.05) is 43.1 Å². The number of rotatable bonds is 6. The zero-order valence-corrected chi connectivity index (χ0v) is 15.6. The molecule has 1 fully saturated rings. The van der Waals surface area contributed by atoms with Crippen molar-refractivity contribution in [3.8, 4) is 17.0 Å². The molecule has 0 unspecified atom stereocenters.